The van der Waals surface area contributed by atoms with Crippen molar-refractivity contribution < 1.29 is 4.79 Å². The highest BCUT2D eigenvalue weighted by Crippen LogP contribution is 2.43. The van der Waals surface area contributed by atoms with E-state index in [0.29, 0.717) is 11.2 Å². The molecule has 1 aliphatic heterocycles. The average molecular weight is 140 g/mol. The van der Waals surface area contributed by atoms with Gasteiger partial charge in [0.1, 0.15) is 6.29 Å². The molecule has 9 heavy (non-hydrogen) atoms. The molecule has 1 fully saturated rings. The van der Waals surface area contributed by atoms with E-state index in [1.165, 1.54) is 6.42 Å². The van der Waals surface area contributed by atoms with Gasteiger partial charge in [0.05, 0.1) is 5.25 Å². The van der Waals surface area contributed by atoms with E-state index in [1.807, 2.05) is 0 Å². The van der Waals surface area contributed by atoms with Crippen LogP contribution in [-0.2, 0) is 4.79 Å². The third-order valence-corrected chi connectivity index (χ3v) is 3.44. The Morgan fingerprint density at radius 1 is 1.56 bits per heavy atom. The lowest BCUT2D eigenvalue weighted by atomic mass is 10.1. The number of thioether (sulfide) groups is 1. The third-order valence-electron chi connectivity index (χ3n) is 1.97. The number of fused-ring (bicyclic) bond motifs is 2. The van der Waals surface area contributed by atoms with Crippen LogP contribution in [0.15, 0.2) is 12.2 Å². The predicted molar refractivity (Wildman–Crippen MR) is 38.5 cm³/mol. The van der Waals surface area contributed by atoms with E-state index in [2.05, 4.69) is 12.2 Å². The van der Waals surface area contributed by atoms with E-state index in [0.717, 1.165) is 6.29 Å². The molecule has 0 spiro atoms. The van der Waals surface area contributed by atoms with Gasteiger partial charge in [-0.15, -0.1) is 11.8 Å². The third kappa shape index (κ3) is 0.732. The van der Waals surface area contributed by atoms with Crippen molar-refractivity contribution in [1.82, 2.24) is 0 Å². The van der Waals surface area contributed by atoms with Crippen molar-refractivity contribution in [2.75, 3.05) is 0 Å². The van der Waals surface area contributed by atoms with Gasteiger partial charge in [-0.05, 0) is 12.3 Å². The minimum absolute atomic E-state index is 0.278. The number of hydrogen-bond donors (Lipinski definition) is 0. The molecular formula is C7H8OS. The summed E-state index contributed by atoms with van der Waals surface area (Å²) in [6.07, 6.45) is 6.68. The first-order valence-corrected chi connectivity index (χ1v) is 4.13. The van der Waals surface area contributed by atoms with Crippen LogP contribution in [0, 0.1) is 5.92 Å². The summed E-state index contributed by atoms with van der Waals surface area (Å²) in [6.45, 7) is 0. The van der Waals surface area contributed by atoms with Crippen LogP contribution >= 0.6 is 11.8 Å². The van der Waals surface area contributed by atoms with Gasteiger partial charge < -0.3 is 4.79 Å². The summed E-state index contributed by atoms with van der Waals surface area (Å²) in [5.41, 5.74) is 0. The minimum atomic E-state index is 0.278. The summed E-state index contributed by atoms with van der Waals surface area (Å²) in [5.74, 6) is 0.567. The Balaban J connectivity index is 2.19. The van der Waals surface area contributed by atoms with Gasteiger partial charge in [0.2, 0.25) is 0 Å². The Morgan fingerprint density at radius 3 is 2.78 bits per heavy atom. The molecule has 0 N–H and O–H groups in total. The molecular weight excluding hydrogens is 132 g/mol. The second kappa shape index (κ2) is 1.87. The molecule has 1 nitrogen and oxygen atoms in total. The monoisotopic (exact) mass is 140 g/mol. The number of carbonyl (C=O) groups excluding carboxylic acids is 1. The lowest BCUT2D eigenvalue weighted by molar-refractivity contribution is -0.107. The molecule has 1 saturated heterocycles. The van der Waals surface area contributed by atoms with E-state index >= 15 is 0 Å². The summed E-state index contributed by atoms with van der Waals surface area (Å²) in [5, 5.41) is 0.935. The maximum Gasteiger partial charge on any atom is 0.133 e. The van der Waals surface area contributed by atoms with E-state index in [4.69, 9.17) is 0 Å². The van der Waals surface area contributed by atoms with Crippen molar-refractivity contribution in [3.8, 4) is 0 Å². The molecule has 3 atom stereocenters. The molecule has 1 unspecified atom stereocenters. The van der Waals surface area contributed by atoms with Crippen molar-refractivity contribution in [3.63, 3.8) is 0 Å². The van der Waals surface area contributed by atoms with Crippen LogP contribution < -0.4 is 0 Å². The van der Waals surface area contributed by atoms with Crippen molar-refractivity contribution in [2.24, 2.45) is 5.92 Å². The molecule has 0 radical (unpaired) electrons. The first-order valence-electron chi connectivity index (χ1n) is 3.19. The Labute approximate surface area is 58.5 Å². The fraction of sp³-hybridized carbons (Fsp3) is 0.571. The maximum atomic E-state index is 10.3. The Hall–Kier alpha value is -0.240. The summed E-state index contributed by atoms with van der Waals surface area (Å²) >= 11 is 1.81. The lowest BCUT2D eigenvalue weighted by Gasteiger charge is -2.08. The largest absolute Gasteiger partial charge is 0.302 e. The number of allylic oxidation sites excluding steroid dienone is 1. The SMILES string of the molecule is O=CC1S[C@H]2C=C[C@@H]1C2. The lowest BCUT2D eigenvalue weighted by Crippen LogP contribution is -2.10. The first-order chi connectivity index (χ1) is 4.40. The van der Waals surface area contributed by atoms with Crippen molar-refractivity contribution in [1.29, 1.82) is 0 Å². The highest BCUT2D eigenvalue weighted by molar-refractivity contribution is 8.01. The van der Waals surface area contributed by atoms with Crippen molar-refractivity contribution in [2.45, 2.75) is 16.9 Å². The fourth-order valence-corrected chi connectivity index (χ4v) is 2.86. The van der Waals surface area contributed by atoms with Gasteiger partial charge in [0.25, 0.3) is 0 Å². The summed E-state index contributed by atoms with van der Waals surface area (Å²) in [6, 6.07) is 0. The molecule has 1 heterocycles. The van der Waals surface area contributed by atoms with Gasteiger partial charge in [0.15, 0.2) is 0 Å². The van der Waals surface area contributed by atoms with E-state index in [1.54, 1.807) is 11.8 Å². The van der Waals surface area contributed by atoms with E-state index < -0.39 is 0 Å². The molecule has 48 valence electrons. The molecule has 0 aromatic rings. The number of carbonyl (C=O) groups is 1. The second-order valence-electron chi connectivity index (χ2n) is 2.56. The smallest absolute Gasteiger partial charge is 0.133 e. The molecule has 0 aromatic heterocycles. The topological polar surface area (TPSA) is 17.1 Å². The van der Waals surface area contributed by atoms with Gasteiger partial charge in [0, 0.05) is 5.25 Å². The molecule has 0 saturated carbocycles. The normalized spacial score (nSPS) is 46.0. The molecule has 0 amide bonds. The molecule has 0 aromatic carbocycles. The van der Waals surface area contributed by atoms with Crippen LogP contribution in [0.25, 0.3) is 0 Å². The van der Waals surface area contributed by atoms with Gasteiger partial charge in [-0.1, -0.05) is 12.2 Å². The Kier molecular flexibility index (Phi) is 1.15. The van der Waals surface area contributed by atoms with E-state index in [-0.39, 0.29) is 5.25 Å². The van der Waals surface area contributed by atoms with Crippen LogP contribution in [0.1, 0.15) is 6.42 Å². The minimum Gasteiger partial charge on any atom is -0.302 e. The average Bonchev–Trinajstić information content (AvgIpc) is 2.45. The zero-order chi connectivity index (χ0) is 6.27. The molecule has 2 aliphatic rings. The zero-order valence-corrected chi connectivity index (χ0v) is 5.80. The van der Waals surface area contributed by atoms with Crippen LogP contribution in [-0.4, -0.2) is 16.8 Å². The van der Waals surface area contributed by atoms with E-state index in [9.17, 15) is 4.79 Å². The summed E-state index contributed by atoms with van der Waals surface area (Å²) in [4.78, 5) is 10.3. The highest BCUT2D eigenvalue weighted by Gasteiger charge is 2.35. The second-order valence-corrected chi connectivity index (χ2v) is 3.98. The summed E-state index contributed by atoms with van der Waals surface area (Å²) in [7, 11) is 0. The van der Waals surface area contributed by atoms with Gasteiger partial charge in [-0.25, -0.2) is 0 Å². The maximum absolute atomic E-state index is 10.3. The zero-order valence-electron chi connectivity index (χ0n) is 4.99. The molecule has 2 bridgehead atoms. The van der Waals surface area contributed by atoms with Gasteiger partial charge in [-0.3, -0.25) is 0 Å². The standard InChI is InChI=1S/C7H8OS/c8-4-7-5-1-2-6(3-5)9-7/h1-2,4-7H,3H2/t5-,6+,7?/m1/s1. The van der Waals surface area contributed by atoms with Crippen LogP contribution in [0.4, 0.5) is 0 Å². The Bertz CT molecular complexity index is 164. The molecule has 2 heteroatoms. The Morgan fingerprint density at radius 2 is 2.44 bits per heavy atom. The quantitative estimate of drug-likeness (QED) is 0.402. The number of rotatable bonds is 1. The molecule has 2 rings (SSSR count). The fourth-order valence-electron chi connectivity index (χ4n) is 1.47. The van der Waals surface area contributed by atoms with Crippen LogP contribution in [0.3, 0.4) is 0 Å². The first kappa shape index (κ1) is 5.54. The molecule has 1 aliphatic carbocycles. The number of hydrogen-bond acceptors (Lipinski definition) is 2. The van der Waals surface area contributed by atoms with Crippen molar-refractivity contribution in [3.05, 3.63) is 12.2 Å². The van der Waals surface area contributed by atoms with Gasteiger partial charge in [-0.2, -0.15) is 0 Å². The van der Waals surface area contributed by atoms with Crippen molar-refractivity contribution >= 4 is 18.0 Å². The number of aldehydes is 1. The van der Waals surface area contributed by atoms with Gasteiger partial charge >= 0.3 is 0 Å². The van der Waals surface area contributed by atoms with Crippen LogP contribution in [0.2, 0.25) is 0 Å². The highest BCUT2D eigenvalue weighted by atomic mass is 32.2. The summed E-state index contributed by atoms with van der Waals surface area (Å²) < 4.78 is 0. The van der Waals surface area contributed by atoms with Crippen LogP contribution in [0.5, 0.6) is 0 Å². The predicted octanol–water partition coefficient (Wildman–Crippen LogP) is 1.25.